The number of rotatable bonds is 27. The van der Waals surface area contributed by atoms with Gasteiger partial charge in [-0.1, -0.05) is 124 Å². The van der Waals surface area contributed by atoms with Gasteiger partial charge in [-0.2, -0.15) is 0 Å². The molecule has 110 heavy (non-hydrogen) atoms. The Hall–Kier alpha value is -10.2. The number of aromatic nitrogens is 6. The summed E-state index contributed by atoms with van der Waals surface area (Å²) in [6.07, 6.45) is 12.3. The summed E-state index contributed by atoms with van der Waals surface area (Å²) in [7, 11) is 5.43. The fraction of sp³-hybridized carbons (Fsp3) is 0.472. The molecule has 6 aromatic heterocycles. The second-order valence-corrected chi connectivity index (χ2v) is 21.7. The van der Waals surface area contributed by atoms with Gasteiger partial charge in [0.2, 0.25) is 0 Å². The quantitative estimate of drug-likeness (QED) is 0.00409. The largest absolute Gasteiger partial charge is 1.00 e. The van der Waals surface area contributed by atoms with Gasteiger partial charge in [0.05, 0.1) is 85.0 Å². The number of aliphatic hydroxyl groups is 2. The molecule has 0 aromatic carbocycles. The Morgan fingerprint density at radius 3 is 0.845 bits per heavy atom. The third kappa shape index (κ3) is 56.1. The molecule has 38 heteroatoms. The number of hydrogen-bond acceptors (Lipinski definition) is 27. The molecule has 0 aliphatic rings. The monoisotopic (exact) mass is 1580 g/mol. The summed E-state index contributed by atoms with van der Waals surface area (Å²) in [5, 5.41) is 45.2. The fourth-order valence-electron chi connectivity index (χ4n) is 7.51. The Morgan fingerprint density at radius 2 is 0.655 bits per heavy atom. The van der Waals surface area contributed by atoms with Crippen molar-refractivity contribution in [1.29, 1.82) is 0 Å². The van der Waals surface area contributed by atoms with Crippen molar-refractivity contribution in [1.82, 2.24) is 29.9 Å². The van der Waals surface area contributed by atoms with E-state index >= 15 is 0 Å². The van der Waals surface area contributed by atoms with Gasteiger partial charge in [0.1, 0.15) is 12.1 Å². The van der Waals surface area contributed by atoms with Crippen LogP contribution >= 0.6 is 24.0 Å². The van der Waals surface area contributed by atoms with Gasteiger partial charge in [-0.3, -0.25) is 68.3 Å². The van der Waals surface area contributed by atoms with Crippen molar-refractivity contribution in [3.63, 3.8) is 0 Å². The van der Waals surface area contributed by atoms with Crippen LogP contribution in [0.2, 0.25) is 0 Å². The van der Waals surface area contributed by atoms with Gasteiger partial charge in [-0.25, -0.2) is 0 Å². The van der Waals surface area contributed by atoms with Crippen molar-refractivity contribution in [3.8, 4) is 0 Å². The van der Waals surface area contributed by atoms with Crippen LogP contribution in [0, 0.1) is 23.7 Å². The van der Waals surface area contributed by atoms with Gasteiger partial charge in [0.25, 0.3) is 0 Å². The minimum absolute atomic E-state index is 0. The van der Waals surface area contributed by atoms with Crippen molar-refractivity contribution < 1.29 is 107 Å². The Morgan fingerprint density at radius 1 is 0.418 bits per heavy atom. The van der Waals surface area contributed by atoms with Crippen molar-refractivity contribution in [2.75, 3.05) is 28.4 Å². The number of hydrogen-bond donors (Lipinski definition) is 6. The first-order chi connectivity index (χ1) is 48.1. The van der Waals surface area contributed by atoms with E-state index in [-0.39, 0.29) is 156 Å². The summed E-state index contributed by atoms with van der Waals surface area (Å²) in [5.74, 6) is -4.72. The number of methoxy groups -OCH3 is 4. The number of ether oxygens (including phenoxy) is 5. The van der Waals surface area contributed by atoms with Gasteiger partial charge in [0, 0.05) is 144 Å². The van der Waals surface area contributed by atoms with Crippen LogP contribution in [0.4, 0.5) is 0 Å². The molecule has 0 aliphatic heterocycles. The number of aliphatic hydroxyl groups excluding tert-OH is 2. The second kappa shape index (κ2) is 71.7. The predicted molar refractivity (Wildman–Crippen MR) is 416 cm³/mol. The van der Waals surface area contributed by atoms with E-state index in [0.717, 1.165) is 56.2 Å². The molecule has 0 saturated carbocycles. The molecule has 0 radical (unpaired) electrons. The summed E-state index contributed by atoms with van der Waals surface area (Å²) < 4.78 is 22.4. The van der Waals surface area contributed by atoms with E-state index in [9.17, 15) is 38.4 Å². The summed E-state index contributed by atoms with van der Waals surface area (Å²) in [6, 6.07) is 19.8. The summed E-state index contributed by atoms with van der Waals surface area (Å²) in [6.45, 7) is 10.1. The van der Waals surface area contributed by atoms with E-state index in [1.165, 1.54) is 42.3 Å². The average molecular weight is 1580 g/mol. The van der Waals surface area contributed by atoms with Crippen LogP contribution in [0.1, 0.15) is 154 Å². The fourth-order valence-corrected chi connectivity index (χ4v) is 7.67. The number of halogens is 2. The molecule has 6 atom stereocenters. The number of pyridine rings is 6. The standard InChI is InChI=1S/C11H14ClNO2.C11H14N4O2.C11H15NO3.C10H12N4O2.C10H14N2O3.C9H11N5O2.C4H6O3.6CH4.ClH.Li.H2O/c1-8(11(14)15-2)5-10-4-3-9(6-12)7-13-10;1-8(11(16)17-2)5-10-4-3-9(6-13-10)7-14-15-12;1-8(11(14)15-2)5-10-4-3-9(7-13)6-12-10;1-7(10(15)16)4-9-3-2-8(5-12-9)6-13-14-11;1-15-10(14)9(11)4-8-3-2-7(6-13)5-12-8;10-8(9(15)16)3-7-2-1-6(4-12-7)5-13-14-11;1-3(5)7-4(2)6;;;;;;;;;/h3-4,7-8H,5-6H2,1-2H3;3-4,6,8H,5,7H2,1-2H3;3-4,6,8,13H,5,7H2,1-2H3;2-3,5,7H,4,6H2,1H3,(H,15,16);2-3,5,9,13H,4,6,11H2,1H3;1-2,4,8H,3,5,10H2,(H,15,16);1-2H3;6*1H4;1H;;1H2/q;;;;;;;;;;;;;;+1;/p-1/t3*8-;7-;9-;8-;;;;;;;;;;/m000000........../s1. The van der Waals surface area contributed by atoms with Gasteiger partial charge < -0.3 is 61.1 Å². The Balaban J connectivity index is -0.000000132. The number of esters is 6. The zero-order chi connectivity index (χ0) is 76.2. The van der Waals surface area contributed by atoms with Crippen molar-refractivity contribution in [3.05, 3.63) is 209 Å². The first-order valence-electron chi connectivity index (χ1n) is 30.5. The topological polar surface area (TPSA) is 569 Å². The molecule has 0 saturated heterocycles. The van der Waals surface area contributed by atoms with Crippen molar-refractivity contribution in [2.45, 2.75) is 175 Å². The third-order valence-corrected chi connectivity index (χ3v) is 13.4. The van der Waals surface area contributed by atoms with E-state index < -0.39 is 47.8 Å². The molecule has 0 amide bonds. The first-order valence-corrected chi connectivity index (χ1v) is 31.0. The SMILES string of the molecule is C.C.C.C.C.C.CC(=O)OC(C)=O.COC(=O)[C@@H](C)Cc1ccc(CCl)cn1.COC(=O)[C@@H](C)Cc1ccc(CN=[N+]=[N-])cn1.COC(=O)[C@@H](C)Cc1ccc(CO)cn1.COC(=O)[C@@H](N)Cc1ccc(CO)cn1.C[C@@H](Cc1ccc(CN=[N+]=[N-])cn1)C(=O)O.Cl.[Li+].[N-]=[N+]=NCc1ccc(C[C@H](N)C(=O)O)nc1.[OH-]. The molecule has 35 nitrogen and oxygen atoms in total. The van der Waals surface area contributed by atoms with Crippen LogP contribution in [0.5, 0.6) is 0 Å². The zero-order valence-corrected chi connectivity index (χ0v) is 61.1. The molecule has 0 fully saturated rings. The van der Waals surface area contributed by atoms with Gasteiger partial charge in [-0.15, -0.1) is 24.0 Å². The molecule has 6 rings (SSSR count). The normalized spacial score (nSPS) is 10.6. The molecule has 0 bridgehead atoms. The predicted octanol–water partition coefficient (Wildman–Crippen LogP) is 9.12. The number of carboxylic acid groups (broad SMARTS) is 2. The van der Waals surface area contributed by atoms with E-state index in [1.54, 1.807) is 100 Å². The van der Waals surface area contributed by atoms with E-state index in [2.05, 4.69) is 83.7 Å². The van der Waals surface area contributed by atoms with Gasteiger partial charge in [0.15, 0.2) is 0 Å². The summed E-state index contributed by atoms with van der Waals surface area (Å²) in [5.41, 5.74) is 44.8. The zero-order valence-electron chi connectivity index (χ0n) is 59.5. The molecule has 608 valence electrons. The van der Waals surface area contributed by atoms with Crippen LogP contribution in [0.15, 0.2) is 125 Å². The maximum atomic E-state index is 11.2. The number of azide groups is 3. The molecule has 6 heterocycles. The maximum Gasteiger partial charge on any atom is 1.00 e. The minimum Gasteiger partial charge on any atom is -0.870 e. The smallest absolute Gasteiger partial charge is 0.870 e. The van der Waals surface area contributed by atoms with E-state index in [0.29, 0.717) is 49.4 Å². The van der Waals surface area contributed by atoms with E-state index in [1.807, 2.05) is 37.3 Å². The Kier molecular flexibility index (Phi) is 78.7. The molecule has 0 unspecified atom stereocenters. The molecular formula is C72H112Cl2LiN17O18. The number of carboxylic acids is 2. The van der Waals surface area contributed by atoms with Crippen LogP contribution in [-0.2, 0) is 139 Å². The summed E-state index contributed by atoms with van der Waals surface area (Å²) >= 11 is 5.64. The molecular weight excluding hydrogens is 1470 g/mol. The Labute approximate surface area is 668 Å². The van der Waals surface area contributed by atoms with Crippen LogP contribution in [0.3, 0.4) is 0 Å². The van der Waals surface area contributed by atoms with Gasteiger partial charge in [-0.05, 0) is 86.4 Å². The number of carbonyl (C=O) groups excluding carboxylic acids is 6. The number of aliphatic carboxylic acids is 2. The third-order valence-electron chi connectivity index (χ3n) is 13.0. The number of nitrogens with zero attached hydrogens (tertiary/aromatic N) is 15. The molecule has 0 aliphatic carbocycles. The minimum atomic E-state index is -1.06. The average Bonchev–Trinajstić information content (AvgIpc) is 0.931. The van der Waals surface area contributed by atoms with Crippen LogP contribution in [-0.4, -0.2) is 144 Å². The second-order valence-electron chi connectivity index (χ2n) is 21.5. The van der Waals surface area contributed by atoms with Crippen LogP contribution < -0.4 is 30.3 Å². The Bertz CT molecular complexity index is 3390. The molecule has 9 N–H and O–H groups in total. The summed E-state index contributed by atoms with van der Waals surface area (Å²) in [4.78, 5) is 118. The van der Waals surface area contributed by atoms with Crippen molar-refractivity contribution >= 4 is 71.8 Å². The van der Waals surface area contributed by atoms with E-state index in [4.69, 9.17) is 60.1 Å². The van der Waals surface area contributed by atoms with Crippen molar-refractivity contribution in [2.24, 2.45) is 50.5 Å². The molecule has 0 spiro atoms. The van der Waals surface area contributed by atoms with Crippen LogP contribution in [0.25, 0.3) is 31.3 Å². The number of carbonyl (C=O) groups is 8. The maximum absolute atomic E-state index is 11.2. The van der Waals surface area contributed by atoms with Gasteiger partial charge >= 0.3 is 66.6 Å². The number of alkyl halides is 1. The number of nitrogens with two attached hydrogens (primary N) is 2. The molecule has 6 aromatic rings. The first kappa shape index (κ1) is 121.